The van der Waals surface area contributed by atoms with Crippen LogP contribution in [-0.4, -0.2) is 54.9 Å². The molecule has 10 heteroatoms. The highest BCUT2D eigenvalue weighted by molar-refractivity contribution is 5.91. The number of likely N-dealkylation sites (N-methyl/N-ethyl adjacent to an activating group) is 1. The van der Waals surface area contributed by atoms with E-state index in [1.807, 2.05) is 13.8 Å². The van der Waals surface area contributed by atoms with Crippen molar-refractivity contribution in [2.75, 3.05) is 13.1 Å². The normalized spacial score (nSPS) is 15.8. The van der Waals surface area contributed by atoms with E-state index in [0.29, 0.717) is 31.8 Å². The highest BCUT2D eigenvalue weighted by Crippen LogP contribution is 2.30. The molecule has 1 saturated carbocycles. The zero-order valence-electron chi connectivity index (χ0n) is 17.8. The highest BCUT2D eigenvalue weighted by atomic mass is 16.2. The average molecular weight is 418 g/mol. The summed E-state index contributed by atoms with van der Waals surface area (Å²) in [6, 6.07) is 0. The van der Waals surface area contributed by atoms with Crippen molar-refractivity contribution in [2.24, 2.45) is 7.05 Å². The third-order valence-electron chi connectivity index (χ3n) is 5.94. The van der Waals surface area contributed by atoms with Gasteiger partial charge in [0.25, 0.3) is 5.56 Å². The van der Waals surface area contributed by atoms with Crippen LogP contribution in [0.1, 0.15) is 58.2 Å². The van der Waals surface area contributed by atoms with Crippen molar-refractivity contribution in [2.45, 2.75) is 64.3 Å². The SMILES string of the molecule is CCN(CC)C(=O)C1(NC(=O)CCc2nc3c([nH]2)c(=O)[nH]c(=O)n3C)CCCCC1. The second kappa shape index (κ2) is 8.85. The second-order valence-corrected chi connectivity index (χ2v) is 7.87. The van der Waals surface area contributed by atoms with Gasteiger partial charge in [0.05, 0.1) is 0 Å². The van der Waals surface area contributed by atoms with Crippen LogP contribution in [0.5, 0.6) is 0 Å². The Morgan fingerprint density at radius 2 is 1.80 bits per heavy atom. The highest BCUT2D eigenvalue weighted by Gasteiger charge is 2.42. The molecular weight excluding hydrogens is 388 g/mol. The van der Waals surface area contributed by atoms with E-state index in [1.54, 1.807) is 4.90 Å². The van der Waals surface area contributed by atoms with Crippen LogP contribution in [0, 0.1) is 0 Å². The summed E-state index contributed by atoms with van der Waals surface area (Å²) in [5.74, 6) is 0.214. The summed E-state index contributed by atoms with van der Waals surface area (Å²) in [6.07, 6.45) is 4.58. The van der Waals surface area contributed by atoms with Gasteiger partial charge in [-0.2, -0.15) is 0 Å². The van der Waals surface area contributed by atoms with Gasteiger partial charge in [0, 0.05) is 33.0 Å². The molecule has 0 radical (unpaired) electrons. The molecule has 0 saturated heterocycles. The molecular formula is C20H30N6O4. The smallest absolute Gasteiger partial charge is 0.329 e. The summed E-state index contributed by atoms with van der Waals surface area (Å²) in [5, 5.41) is 3.02. The summed E-state index contributed by atoms with van der Waals surface area (Å²) >= 11 is 0. The van der Waals surface area contributed by atoms with E-state index in [1.165, 1.54) is 11.6 Å². The van der Waals surface area contributed by atoms with Crippen LogP contribution < -0.4 is 16.6 Å². The van der Waals surface area contributed by atoms with E-state index < -0.39 is 16.8 Å². The number of hydrogen-bond acceptors (Lipinski definition) is 5. The Morgan fingerprint density at radius 1 is 1.13 bits per heavy atom. The molecule has 0 spiro atoms. The van der Waals surface area contributed by atoms with Gasteiger partial charge in [-0.3, -0.25) is 23.9 Å². The molecule has 0 aliphatic heterocycles. The predicted octanol–water partition coefficient (Wildman–Crippen LogP) is 0.570. The molecule has 1 fully saturated rings. The Kier molecular flexibility index (Phi) is 6.42. The van der Waals surface area contributed by atoms with Gasteiger partial charge in [-0.15, -0.1) is 0 Å². The number of H-pyrrole nitrogens is 2. The third-order valence-corrected chi connectivity index (χ3v) is 5.94. The van der Waals surface area contributed by atoms with Crippen molar-refractivity contribution in [1.29, 1.82) is 0 Å². The maximum absolute atomic E-state index is 13.1. The fraction of sp³-hybridized carbons (Fsp3) is 0.650. The Bertz CT molecular complexity index is 1040. The number of rotatable bonds is 7. The molecule has 0 unspecified atom stereocenters. The maximum Gasteiger partial charge on any atom is 0.329 e. The number of nitrogens with zero attached hydrogens (tertiary/aromatic N) is 3. The minimum atomic E-state index is -0.837. The molecule has 0 bridgehead atoms. The molecule has 2 aromatic rings. The van der Waals surface area contributed by atoms with Crippen LogP contribution >= 0.6 is 0 Å². The number of nitrogens with one attached hydrogen (secondary N) is 3. The monoisotopic (exact) mass is 418 g/mol. The number of hydrogen-bond donors (Lipinski definition) is 3. The van der Waals surface area contributed by atoms with E-state index in [-0.39, 0.29) is 35.8 Å². The molecule has 2 heterocycles. The molecule has 3 N–H and O–H groups in total. The van der Waals surface area contributed by atoms with Gasteiger partial charge in [0.15, 0.2) is 5.65 Å². The van der Waals surface area contributed by atoms with Crippen LogP contribution in [0.2, 0.25) is 0 Å². The predicted molar refractivity (Wildman–Crippen MR) is 112 cm³/mol. The lowest BCUT2D eigenvalue weighted by atomic mass is 9.80. The summed E-state index contributed by atoms with van der Waals surface area (Å²) in [7, 11) is 1.52. The number of imidazole rings is 1. The summed E-state index contributed by atoms with van der Waals surface area (Å²) in [5.41, 5.74) is -1.47. The largest absolute Gasteiger partial charge is 0.342 e. The van der Waals surface area contributed by atoms with Crippen LogP contribution in [-0.2, 0) is 23.1 Å². The Balaban J connectivity index is 1.73. The van der Waals surface area contributed by atoms with E-state index in [9.17, 15) is 19.2 Å². The molecule has 2 amide bonds. The zero-order valence-corrected chi connectivity index (χ0v) is 17.8. The van der Waals surface area contributed by atoms with Gasteiger partial charge in [0.2, 0.25) is 11.8 Å². The lowest BCUT2D eigenvalue weighted by Crippen LogP contribution is -2.60. The average Bonchev–Trinajstić information content (AvgIpc) is 3.17. The van der Waals surface area contributed by atoms with E-state index in [2.05, 4.69) is 20.3 Å². The summed E-state index contributed by atoms with van der Waals surface area (Å²) < 4.78 is 1.25. The van der Waals surface area contributed by atoms with Crippen molar-refractivity contribution in [1.82, 2.24) is 29.7 Å². The van der Waals surface area contributed by atoms with E-state index >= 15 is 0 Å². The van der Waals surface area contributed by atoms with Gasteiger partial charge in [-0.1, -0.05) is 19.3 Å². The van der Waals surface area contributed by atoms with E-state index in [0.717, 1.165) is 19.3 Å². The Morgan fingerprint density at radius 3 is 2.43 bits per heavy atom. The van der Waals surface area contributed by atoms with Crippen LogP contribution in [0.4, 0.5) is 0 Å². The number of aryl methyl sites for hydroxylation is 2. The first-order valence-corrected chi connectivity index (χ1v) is 10.6. The molecule has 1 aliphatic carbocycles. The van der Waals surface area contributed by atoms with Crippen LogP contribution in [0.3, 0.4) is 0 Å². The van der Waals surface area contributed by atoms with Crippen LogP contribution in [0.25, 0.3) is 11.2 Å². The first kappa shape index (κ1) is 21.8. The minimum absolute atomic E-state index is 0.00850. The number of amides is 2. The number of fused-ring (bicyclic) bond motifs is 1. The summed E-state index contributed by atoms with van der Waals surface area (Å²) in [6.45, 7) is 5.10. The van der Waals surface area contributed by atoms with Crippen molar-refractivity contribution < 1.29 is 9.59 Å². The van der Waals surface area contributed by atoms with Gasteiger partial charge in [-0.05, 0) is 26.7 Å². The van der Waals surface area contributed by atoms with Crippen molar-refractivity contribution in [3.63, 3.8) is 0 Å². The third kappa shape index (κ3) is 4.17. The molecule has 0 atom stereocenters. The number of carbonyl (C=O) groups is 2. The molecule has 3 rings (SSSR count). The second-order valence-electron chi connectivity index (χ2n) is 7.87. The van der Waals surface area contributed by atoms with Gasteiger partial charge >= 0.3 is 5.69 Å². The number of aromatic nitrogens is 4. The van der Waals surface area contributed by atoms with Gasteiger partial charge in [0.1, 0.15) is 16.9 Å². The van der Waals surface area contributed by atoms with Gasteiger partial charge in [-0.25, -0.2) is 9.78 Å². The quantitative estimate of drug-likeness (QED) is 0.605. The fourth-order valence-electron chi connectivity index (χ4n) is 4.19. The topological polar surface area (TPSA) is 133 Å². The minimum Gasteiger partial charge on any atom is -0.342 e. The molecule has 164 valence electrons. The number of carbonyl (C=O) groups excluding carboxylic acids is 2. The molecule has 30 heavy (non-hydrogen) atoms. The number of aromatic amines is 2. The lowest BCUT2D eigenvalue weighted by molar-refractivity contribution is -0.143. The molecule has 10 nitrogen and oxygen atoms in total. The van der Waals surface area contributed by atoms with Crippen molar-refractivity contribution in [3.8, 4) is 0 Å². The van der Waals surface area contributed by atoms with Crippen LogP contribution in [0.15, 0.2) is 9.59 Å². The van der Waals surface area contributed by atoms with E-state index in [4.69, 9.17) is 0 Å². The Hall–Kier alpha value is -2.91. The fourth-order valence-corrected chi connectivity index (χ4v) is 4.19. The van der Waals surface area contributed by atoms with Crippen molar-refractivity contribution >= 4 is 23.0 Å². The first-order valence-electron chi connectivity index (χ1n) is 10.6. The maximum atomic E-state index is 13.1. The van der Waals surface area contributed by atoms with Crippen molar-refractivity contribution in [3.05, 3.63) is 26.7 Å². The lowest BCUT2D eigenvalue weighted by Gasteiger charge is -2.40. The zero-order chi connectivity index (χ0) is 21.9. The molecule has 1 aliphatic rings. The Labute approximate surface area is 174 Å². The molecule has 2 aromatic heterocycles. The standard InChI is InChI=1S/C20H30N6O4/c1-4-26(5-2)18(29)20(11-7-6-8-12-20)24-14(27)10-9-13-21-15-16(22-13)25(3)19(30)23-17(15)28/h4-12H2,1-3H3,(H,21,22)(H,24,27)(H,23,28,30). The summed E-state index contributed by atoms with van der Waals surface area (Å²) in [4.78, 5) is 60.7. The molecule has 0 aromatic carbocycles. The van der Waals surface area contributed by atoms with Gasteiger partial charge < -0.3 is 15.2 Å². The first-order chi connectivity index (χ1) is 14.3.